The van der Waals surface area contributed by atoms with Crippen LogP contribution in [0.3, 0.4) is 0 Å². The Bertz CT molecular complexity index is 1160. The van der Waals surface area contributed by atoms with E-state index in [4.69, 9.17) is 0 Å². The quantitative estimate of drug-likeness (QED) is 0.670. The fraction of sp³-hybridized carbons (Fsp3) is 0.136. The highest BCUT2D eigenvalue weighted by Crippen LogP contribution is 2.27. The second-order valence-electron chi connectivity index (χ2n) is 6.72. The van der Waals surface area contributed by atoms with Crippen molar-refractivity contribution in [1.29, 1.82) is 0 Å². The Morgan fingerprint density at radius 1 is 0.966 bits per heavy atom. The van der Waals surface area contributed by atoms with Gasteiger partial charge in [-0.1, -0.05) is 35.9 Å². The van der Waals surface area contributed by atoms with Gasteiger partial charge in [0.1, 0.15) is 5.82 Å². The number of anilines is 2. The van der Waals surface area contributed by atoms with E-state index in [1.54, 1.807) is 49.4 Å². The fourth-order valence-corrected chi connectivity index (χ4v) is 4.10. The van der Waals surface area contributed by atoms with Gasteiger partial charge in [-0.05, 0) is 55.8 Å². The Morgan fingerprint density at radius 2 is 1.62 bits per heavy atom. The summed E-state index contributed by atoms with van der Waals surface area (Å²) in [5.41, 5.74) is 2.28. The van der Waals surface area contributed by atoms with Crippen LogP contribution >= 0.6 is 0 Å². The van der Waals surface area contributed by atoms with E-state index >= 15 is 0 Å². The van der Waals surface area contributed by atoms with E-state index in [1.807, 2.05) is 6.92 Å². The molecule has 3 rings (SSSR count). The summed E-state index contributed by atoms with van der Waals surface area (Å²) in [6.07, 6.45) is 0. The minimum Gasteiger partial charge on any atom is -0.319 e. The summed E-state index contributed by atoms with van der Waals surface area (Å²) in [7, 11) is -2.36. The molecule has 29 heavy (non-hydrogen) atoms. The van der Waals surface area contributed by atoms with Gasteiger partial charge in [0.05, 0.1) is 16.3 Å². The second-order valence-corrected chi connectivity index (χ2v) is 8.69. The topological polar surface area (TPSA) is 66.5 Å². The molecule has 5 nitrogen and oxygen atoms in total. The Labute approximate surface area is 169 Å². The monoisotopic (exact) mass is 412 g/mol. The van der Waals surface area contributed by atoms with Gasteiger partial charge < -0.3 is 5.32 Å². The lowest BCUT2D eigenvalue weighted by Crippen LogP contribution is -2.27. The van der Waals surface area contributed by atoms with Crippen LogP contribution < -0.4 is 9.62 Å². The van der Waals surface area contributed by atoms with Crippen LogP contribution in [-0.2, 0) is 10.0 Å². The summed E-state index contributed by atoms with van der Waals surface area (Å²) < 4.78 is 40.9. The highest BCUT2D eigenvalue weighted by Gasteiger charge is 2.23. The number of carbonyl (C=O) groups is 1. The van der Waals surface area contributed by atoms with Crippen LogP contribution in [0, 0.1) is 19.7 Å². The standard InChI is InChI=1S/C22H21FN2O3S/c1-15-8-12-18(13-9-15)29(27,28)25(3)21-14-17(11-10-16(21)2)22(26)24-20-7-5-4-6-19(20)23/h4-14H,1-3H3,(H,24,26). The Balaban J connectivity index is 1.93. The van der Waals surface area contributed by atoms with E-state index in [1.165, 1.54) is 31.3 Å². The van der Waals surface area contributed by atoms with Crippen molar-refractivity contribution in [2.24, 2.45) is 0 Å². The number of rotatable bonds is 5. The van der Waals surface area contributed by atoms with Crippen LogP contribution in [0.5, 0.6) is 0 Å². The average Bonchev–Trinajstić information content (AvgIpc) is 2.70. The number of halogens is 1. The van der Waals surface area contributed by atoms with Crippen molar-refractivity contribution < 1.29 is 17.6 Å². The molecular weight excluding hydrogens is 391 g/mol. The van der Waals surface area contributed by atoms with Gasteiger partial charge in [-0.15, -0.1) is 0 Å². The first-order valence-corrected chi connectivity index (χ1v) is 10.4. The molecule has 0 spiro atoms. The molecule has 3 aromatic rings. The lowest BCUT2D eigenvalue weighted by molar-refractivity contribution is 0.102. The third-order valence-corrected chi connectivity index (χ3v) is 6.40. The average molecular weight is 412 g/mol. The molecule has 0 bridgehead atoms. The van der Waals surface area contributed by atoms with Crippen LogP contribution in [0.25, 0.3) is 0 Å². The van der Waals surface area contributed by atoms with E-state index in [0.717, 1.165) is 9.87 Å². The van der Waals surface area contributed by atoms with Crippen molar-refractivity contribution in [3.8, 4) is 0 Å². The molecule has 3 aromatic carbocycles. The van der Waals surface area contributed by atoms with Crippen LogP contribution in [-0.4, -0.2) is 21.4 Å². The van der Waals surface area contributed by atoms with Gasteiger partial charge in [0, 0.05) is 12.6 Å². The zero-order valence-corrected chi connectivity index (χ0v) is 17.1. The van der Waals surface area contributed by atoms with Crippen LogP contribution in [0.2, 0.25) is 0 Å². The van der Waals surface area contributed by atoms with Gasteiger partial charge in [0.2, 0.25) is 0 Å². The number of hydrogen-bond acceptors (Lipinski definition) is 3. The Kier molecular flexibility index (Phi) is 5.70. The number of nitrogens with zero attached hydrogens (tertiary/aromatic N) is 1. The number of para-hydroxylation sites is 1. The first-order valence-electron chi connectivity index (χ1n) is 8.92. The number of amides is 1. The molecule has 1 N–H and O–H groups in total. The predicted octanol–water partition coefficient (Wildman–Crippen LogP) is 4.52. The van der Waals surface area contributed by atoms with Crippen molar-refractivity contribution in [2.45, 2.75) is 18.7 Å². The van der Waals surface area contributed by atoms with Crippen molar-refractivity contribution in [3.05, 3.63) is 89.2 Å². The van der Waals surface area contributed by atoms with Crippen molar-refractivity contribution in [1.82, 2.24) is 0 Å². The molecule has 1 amide bonds. The van der Waals surface area contributed by atoms with Crippen LogP contribution in [0.15, 0.2) is 71.6 Å². The first kappa shape index (κ1) is 20.5. The van der Waals surface area contributed by atoms with E-state index in [-0.39, 0.29) is 16.1 Å². The Hall–Kier alpha value is -3.19. The van der Waals surface area contributed by atoms with Gasteiger partial charge in [-0.3, -0.25) is 9.10 Å². The summed E-state index contributed by atoms with van der Waals surface area (Å²) in [6, 6.07) is 17.1. The molecule has 0 aliphatic carbocycles. The van der Waals surface area contributed by atoms with Gasteiger partial charge in [-0.25, -0.2) is 12.8 Å². The number of aryl methyl sites for hydroxylation is 2. The van der Waals surface area contributed by atoms with Crippen molar-refractivity contribution in [2.75, 3.05) is 16.7 Å². The SMILES string of the molecule is Cc1ccc(S(=O)(=O)N(C)c2cc(C(=O)Nc3ccccc3F)ccc2C)cc1. The molecule has 0 aromatic heterocycles. The smallest absolute Gasteiger partial charge is 0.264 e. The van der Waals surface area contributed by atoms with E-state index in [9.17, 15) is 17.6 Å². The Morgan fingerprint density at radius 3 is 2.28 bits per heavy atom. The number of nitrogens with one attached hydrogen (secondary N) is 1. The number of hydrogen-bond donors (Lipinski definition) is 1. The molecule has 0 fully saturated rings. The third-order valence-electron chi connectivity index (χ3n) is 4.61. The largest absolute Gasteiger partial charge is 0.319 e. The molecule has 0 saturated heterocycles. The maximum Gasteiger partial charge on any atom is 0.264 e. The highest BCUT2D eigenvalue weighted by atomic mass is 32.2. The van der Waals surface area contributed by atoms with Gasteiger partial charge in [0.15, 0.2) is 0 Å². The predicted molar refractivity (Wildman–Crippen MR) is 112 cm³/mol. The second kappa shape index (κ2) is 8.05. The van der Waals surface area contributed by atoms with Crippen molar-refractivity contribution >= 4 is 27.3 Å². The van der Waals surface area contributed by atoms with E-state index < -0.39 is 21.7 Å². The number of carbonyl (C=O) groups excluding carboxylic acids is 1. The molecule has 0 aliphatic rings. The molecular formula is C22H21FN2O3S. The fourth-order valence-electron chi connectivity index (χ4n) is 2.84. The van der Waals surface area contributed by atoms with Gasteiger partial charge >= 0.3 is 0 Å². The minimum absolute atomic E-state index is 0.0558. The van der Waals surface area contributed by atoms with E-state index in [2.05, 4.69) is 5.32 Å². The summed E-state index contributed by atoms with van der Waals surface area (Å²) in [6.45, 7) is 3.64. The lowest BCUT2D eigenvalue weighted by Gasteiger charge is -2.22. The third kappa shape index (κ3) is 4.30. The molecule has 0 unspecified atom stereocenters. The lowest BCUT2D eigenvalue weighted by atomic mass is 10.1. The molecule has 0 radical (unpaired) electrons. The van der Waals surface area contributed by atoms with Crippen LogP contribution in [0.1, 0.15) is 21.5 Å². The molecule has 7 heteroatoms. The summed E-state index contributed by atoms with van der Waals surface area (Å²) in [4.78, 5) is 12.7. The molecule has 0 saturated carbocycles. The normalized spacial score (nSPS) is 11.2. The molecule has 150 valence electrons. The zero-order valence-electron chi connectivity index (χ0n) is 16.3. The maximum atomic E-state index is 13.8. The minimum atomic E-state index is -3.80. The molecule has 0 aliphatic heterocycles. The highest BCUT2D eigenvalue weighted by molar-refractivity contribution is 7.92. The number of benzene rings is 3. The molecule has 0 atom stereocenters. The summed E-state index contributed by atoms with van der Waals surface area (Å²) in [5.74, 6) is -1.08. The van der Waals surface area contributed by atoms with Crippen molar-refractivity contribution in [3.63, 3.8) is 0 Å². The van der Waals surface area contributed by atoms with Gasteiger partial charge in [0.25, 0.3) is 15.9 Å². The summed E-state index contributed by atoms with van der Waals surface area (Å²) >= 11 is 0. The van der Waals surface area contributed by atoms with Crippen LogP contribution in [0.4, 0.5) is 15.8 Å². The van der Waals surface area contributed by atoms with Gasteiger partial charge in [-0.2, -0.15) is 0 Å². The number of sulfonamides is 1. The summed E-state index contributed by atoms with van der Waals surface area (Å²) in [5, 5.41) is 2.51. The first-order chi connectivity index (χ1) is 13.7. The van der Waals surface area contributed by atoms with E-state index in [0.29, 0.717) is 11.3 Å². The molecule has 0 heterocycles. The maximum absolute atomic E-state index is 13.8. The zero-order chi connectivity index (χ0) is 21.2.